The fourth-order valence-electron chi connectivity index (χ4n) is 2.83. The van der Waals surface area contributed by atoms with E-state index in [1.165, 1.54) is 11.3 Å². The number of aromatic amines is 1. The number of carbonyl (C=O) groups excluding carboxylic acids is 1. The molecule has 0 aliphatic heterocycles. The van der Waals surface area contributed by atoms with Gasteiger partial charge in [0.05, 0.1) is 23.4 Å². The summed E-state index contributed by atoms with van der Waals surface area (Å²) < 4.78 is 5.12. The number of carbonyl (C=O) groups is 1. The van der Waals surface area contributed by atoms with Gasteiger partial charge in [0.15, 0.2) is 0 Å². The number of hydrogen-bond donors (Lipinski definition) is 1. The zero-order valence-corrected chi connectivity index (χ0v) is 15.2. The molecular weight excluding hydrogens is 362 g/mol. The molecule has 27 heavy (non-hydrogen) atoms. The van der Waals surface area contributed by atoms with Crippen LogP contribution < -0.4 is 5.56 Å². The average Bonchev–Trinajstić information content (AvgIpc) is 3.17. The Balaban J connectivity index is 1.84. The first kappa shape index (κ1) is 17.1. The van der Waals surface area contributed by atoms with Gasteiger partial charge in [-0.2, -0.15) is 0 Å². The van der Waals surface area contributed by atoms with E-state index in [0.717, 1.165) is 10.6 Å². The summed E-state index contributed by atoms with van der Waals surface area (Å²) in [6.45, 7) is 2.04. The van der Waals surface area contributed by atoms with Crippen molar-refractivity contribution in [1.29, 1.82) is 0 Å². The van der Waals surface area contributed by atoms with Gasteiger partial charge in [-0.15, -0.1) is 11.3 Å². The van der Waals surface area contributed by atoms with Crippen LogP contribution in [0.1, 0.15) is 17.3 Å². The third-order valence-corrected chi connectivity index (χ3v) is 4.98. The lowest BCUT2D eigenvalue weighted by atomic mass is 10.1. The zero-order valence-electron chi connectivity index (χ0n) is 14.4. The van der Waals surface area contributed by atoms with Crippen LogP contribution in [-0.2, 0) is 4.74 Å². The van der Waals surface area contributed by atoms with E-state index in [1.807, 2.05) is 17.5 Å². The monoisotopic (exact) mass is 377 g/mol. The number of benzene rings is 1. The molecule has 0 atom stereocenters. The van der Waals surface area contributed by atoms with Gasteiger partial charge in [0.1, 0.15) is 5.01 Å². The third kappa shape index (κ3) is 3.24. The van der Waals surface area contributed by atoms with Gasteiger partial charge >= 0.3 is 5.97 Å². The summed E-state index contributed by atoms with van der Waals surface area (Å²) in [5.41, 5.74) is 2.65. The van der Waals surface area contributed by atoms with Crippen LogP contribution in [0.15, 0.2) is 59.0 Å². The fourth-order valence-corrected chi connectivity index (χ4v) is 3.66. The van der Waals surface area contributed by atoms with E-state index in [9.17, 15) is 9.59 Å². The third-order valence-electron chi connectivity index (χ3n) is 4.09. The van der Waals surface area contributed by atoms with Crippen LogP contribution in [0.3, 0.4) is 0 Å². The quantitative estimate of drug-likeness (QED) is 0.545. The highest BCUT2D eigenvalue weighted by Crippen LogP contribution is 2.28. The summed E-state index contributed by atoms with van der Waals surface area (Å²) in [6, 6.07) is 10.6. The second-order valence-corrected chi connectivity index (χ2v) is 6.63. The van der Waals surface area contributed by atoms with Crippen LogP contribution >= 0.6 is 11.3 Å². The number of esters is 1. The molecule has 0 saturated carbocycles. The summed E-state index contributed by atoms with van der Waals surface area (Å²) in [5, 5.41) is 3.26. The number of rotatable bonds is 4. The maximum atomic E-state index is 12.6. The second kappa shape index (κ2) is 7.13. The van der Waals surface area contributed by atoms with Gasteiger partial charge in [-0.3, -0.25) is 9.78 Å². The Hall–Kier alpha value is -3.32. The Morgan fingerprint density at radius 3 is 2.81 bits per heavy atom. The summed E-state index contributed by atoms with van der Waals surface area (Å²) in [5.74, 6) is -0.420. The number of ether oxygens (including phenoxy) is 1. The summed E-state index contributed by atoms with van der Waals surface area (Å²) in [6.07, 6.45) is 3.40. The molecule has 4 rings (SSSR count). The van der Waals surface area contributed by atoms with Crippen molar-refractivity contribution in [3.05, 3.63) is 70.1 Å². The highest BCUT2D eigenvalue weighted by Gasteiger charge is 2.15. The molecule has 3 aromatic heterocycles. The van der Waals surface area contributed by atoms with Crippen molar-refractivity contribution in [1.82, 2.24) is 15.0 Å². The largest absolute Gasteiger partial charge is 0.462 e. The van der Waals surface area contributed by atoms with E-state index in [2.05, 4.69) is 15.0 Å². The number of H-pyrrole nitrogens is 1. The van der Waals surface area contributed by atoms with E-state index < -0.39 is 5.97 Å². The van der Waals surface area contributed by atoms with Crippen LogP contribution in [0.4, 0.5) is 0 Å². The summed E-state index contributed by atoms with van der Waals surface area (Å²) in [4.78, 5) is 36.2. The van der Waals surface area contributed by atoms with Crippen molar-refractivity contribution < 1.29 is 9.53 Å². The van der Waals surface area contributed by atoms with Crippen LogP contribution in [0.2, 0.25) is 0 Å². The number of aromatic nitrogens is 3. The molecule has 0 saturated heterocycles. The average molecular weight is 377 g/mol. The van der Waals surface area contributed by atoms with Gasteiger partial charge in [0, 0.05) is 34.2 Å². The summed E-state index contributed by atoms with van der Waals surface area (Å²) >= 11 is 1.45. The van der Waals surface area contributed by atoms with Gasteiger partial charge in [-0.1, -0.05) is 6.07 Å². The van der Waals surface area contributed by atoms with E-state index in [1.54, 1.807) is 43.6 Å². The lowest BCUT2D eigenvalue weighted by Gasteiger charge is -2.07. The van der Waals surface area contributed by atoms with Gasteiger partial charge in [-0.05, 0) is 37.3 Å². The SMILES string of the molecule is CCOC(=O)c1cccc2[nH]c(=O)c(-c3csc(-c4ccncc4)n3)cc12. The Bertz CT molecular complexity index is 1180. The van der Waals surface area contributed by atoms with Crippen molar-refractivity contribution in [2.45, 2.75) is 6.92 Å². The van der Waals surface area contributed by atoms with Crippen LogP contribution in [0, 0.1) is 0 Å². The standard InChI is InChI=1S/C20H15N3O3S/c1-2-26-20(25)13-4-3-5-16-14(13)10-15(18(24)22-16)17-11-27-19(23-17)12-6-8-21-9-7-12/h3-11H,2H2,1H3,(H,22,24). The highest BCUT2D eigenvalue weighted by atomic mass is 32.1. The lowest BCUT2D eigenvalue weighted by Crippen LogP contribution is -2.11. The molecule has 4 aromatic rings. The molecule has 3 heterocycles. The first-order valence-electron chi connectivity index (χ1n) is 8.37. The van der Waals surface area contributed by atoms with Crippen molar-refractivity contribution in [3.63, 3.8) is 0 Å². The Morgan fingerprint density at radius 2 is 2.04 bits per heavy atom. The summed E-state index contributed by atoms with van der Waals surface area (Å²) in [7, 11) is 0. The molecule has 0 amide bonds. The van der Waals surface area contributed by atoms with Crippen molar-refractivity contribution >= 4 is 28.2 Å². The molecule has 0 fully saturated rings. The van der Waals surface area contributed by atoms with Crippen molar-refractivity contribution in [2.75, 3.05) is 6.61 Å². The molecule has 7 heteroatoms. The Labute approximate surface area is 158 Å². The van der Waals surface area contributed by atoms with Gasteiger partial charge in [0.25, 0.3) is 5.56 Å². The molecule has 1 N–H and O–H groups in total. The lowest BCUT2D eigenvalue weighted by molar-refractivity contribution is 0.0528. The van der Waals surface area contributed by atoms with E-state index in [-0.39, 0.29) is 12.2 Å². The van der Waals surface area contributed by atoms with Crippen LogP contribution in [0.25, 0.3) is 32.7 Å². The van der Waals surface area contributed by atoms with E-state index in [0.29, 0.717) is 27.7 Å². The number of thiazole rings is 1. The first-order valence-corrected chi connectivity index (χ1v) is 9.25. The number of hydrogen-bond acceptors (Lipinski definition) is 6. The molecule has 0 aliphatic rings. The first-order chi connectivity index (χ1) is 13.2. The van der Waals surface area contributed by atoms with Gasteiger partial charge in [0.2, 0.25) is 0 Å². The van der Waals surface area contributed by atoms with Crippen LogP contribution in [-0.4, -0.2) is 27.5 Å². The number of nitrogens with zero attached hydrogens (tertiary/aromatic N) is 2. The molecule has 0 aliphatic carbocycles. The molecule has 0 spiro atoms. The Kier molecular flexibility index (Phi) is 4.52. The molecule has 0 bridgehead atoms. The Morgan fingerprint density at radius 1 is 1.22 bits per heavy atom. The second-order valence-electron chi connectivity index (χ2n) is 5.77. The number of fused-ring (bicyclic) bond motifs is 1. The number of pyridine rings is 2. The van der Waals surface area contributed by atoms with Crippen molar-refractivity contribution in [2.24, 2.45) is 0 Å². The van der Waals surface area contributed by atoms with Crippen molar-refractivity contribution in [3.8, 4) is 21.8 Å². The topological polar surface area (TPSA) is 84.9 Å². The normalized spacial score (nSPS) is 10.9. The predicted octanol–water partition coefficient (Wildman–Crippen LogP) is 3.89. The minimum atomic E-state index is -0.420. The number of nitrogens with one attached hydrogen (secondary N) is 1. The molecule has 0 radical (unpaired) electrons. The maximum Gasteiger partial charge on any atom is 0.338 e. The van der Waals surface area contributed by atoms with E-state index >= 15 is 0 Å². The minimum Gasteiger partial charge on any atom is -0.462 e. The zero-order chi connectivity index (χ0) is 18.8. The van der Waals surface area contributed by atoms with E-state index in [4.69, 9.17) is 4.74 Å². The predicted molar refractivity (Wildman–Crippen MR) is 105 cm³/mol. The van der Waals surface area contributed by atoms with Crippen LogP contribution in [0.5, 0.6) is 0 Å². The van der Waals surface area contributed by atoms with Gasteiger partial charge in [-0.25, -0.2) is 9.78 Å². The fraction of sp³-hybridized carbons (Fsp3) is 0.100. The molecular formula is C20H15N3O3S. The molecule has 0 unspecified atom stereocenters. The molecule has 6 nitrogen and oxygen atoms in total. The minimum absolute atomic E-state index is 0.255. The molecule has 134 valence electrons. The van der Waals surface area contributed by atoms with Gasteiger partial charge < -0.3 is 9.72 Å². The highest BCUT2D eigenvalue weighted by molar-refractivity contribution is 7.13. The smallest absolute Gasteiger partial charge is 0.338 e. The maximum absolute atomic E-state index is 12.6. The molecule has 1 aromatic carbocycles.